The fourth-order valence-electron chi connectivity index (χ4n) is 3.60. The molecule has 0 bridgehead atoms. The third-order valence-corrected chi connectivity index (χ3v) is 5.13. The molecule has 1 aliphatic heterocycles. The summed E-state index contributed by atoms with van der Waals surface area (Å²) in [6, 6.07) is 3.49. The van der Waals surface area contributed by atoms with E-state index in [0.29, 0.717) is 17.0 Å². The van der Waals surface area contributed by atoms with Gasteiger partial charge in [0.1, 0.15) is 6.54 Å². The van der Waals surface area contributed by atoms with Crippen molar-refractivity contribution in [3.05, 3.63) is 38.3 Å². The summed E-state index contributed by atoms with van der Waals surface area (Å²) in [7, 11) is 1.15. The minimum atomic E-state index is -1.01. The molecule has 1 unspecified atom stereocenters. The Morgan fingerprint density at radius 1 is 1.43 bits per heavy atom. The largest absolute Gasteiger partial charge is 0.376 e. The summed E-state index contributed by atoms with van der Waals surface area (Å²) in [4.78, 5) is 48.3. The Hall–Kier alpha value is -3.72. The van der Waals surface area contributed by atoms with Crippen LogP contribution in [0.1, 0.15) is 18.4 Å². The number of nitrogens with two attached hydrogens (primary N) is 1. The topological polar surface area (TPSA) is 166 Å². The smallest absolute Gasteiger partial charge is 0.330 e. The molecule has 1 fully saturated rings. The molecule has 0 radical (unpaired) electrons. The van der Waals surface area contributed by atoms with Gasteiger partial charge in [-0.2, -0.15) is 5.26 Å². The number of primary amides is 1. The summed E-state index contributed by atoms with van der Waals surface area (Å²) in [6.07, 6.45) is 0.896. The molecule has 158 valence electrons. The fourth-order valence-corrected chi connectivity index (χ4v) is 3.60. The number of rotatable bonds is 6. The monoisotopic (exact) mass is 416 g/mol. The number of nitro benzene ring substituents is 1. The number of nitrogens with zero attached hydrogens (tertiary/aromatic N) is 5. The van der Waals surface area contributed by atoms with E-state index in [0.717, 1.165) is 24.5 Å². The van der Waals surface area contributed by atoms with Crippen LogP contribution in [0, 0.1) is 21.4 Å². The Balaban J connectivity index is 2.23. The highest BCUT2D eigenvalue weighted by atomic mass is 16.6. The van der Waals surface area contributed by atoms with Gasteiger partial charge in [-0.1, -0.05) is 0 Å². The average Bonchev–Trinajstić information content (AvgIpc) is 3.30. The van der Waals surface area contributed by atoms with E-state index in [4.69, 9.17) is 10.5 Å². The number of imidazole rings is 1. The second-order valence-electron chi connectivity index (χ2n) is 6.93. The molecule has 1 aromatic heterocycles. The Labute approximate surface area is 170 Å². The Morgan fingerprint density at radius 3 is 2.73 bits per heavy atom. The quantitative estimate of drug-likeness (QED) is 0.528. The summed E-state index contributed by atoms with van der Waals surface area (Å²) < 4.78 is 8.09. The van der Waals surface area contributed by atoms with Gasteiger partial charge >= 0.3 is 11.7 Å². The van der Waals surface area contributed by atoms with Gasteiger partial charge in [-0.15, -0.1) is 0 Å². The molecule has 30 heavy (non-hydrogen) atoms. The van der Waals surface area contributed by atoms with E-state index in [1.54, 1.807) is 0 Å². The lowest BCUT2D eigenvalue weighted by Crippen LogP contribution is -2.38. The number of urea groups is 1. The van der Waals surface area contributed by atoms with E-state index in [1.807, 2.05) is 6.07 Å². The van der Waals surface area contributed by atoms with Crippen LogP contribution in [0.15, 0.2) is 16.9 Å². The van der Waals surface area contributed by atoms with Gasteiger partial charge in [-0.05, 0) is 18.9 Å². The first kappa shape index (κ1) is 21.0. The number of hydrogen-bond donors (Lipinski definition) is 1. The first-order chi connectivity index (χ1) is 14.3. The Kier molecular flexibility index (Phi) is 5.84. The predicted octanol–water partition coefficient (Wildman–Crippen LogP) is 0.493. The third-order valence-electron chi connectivity index (χ3n) is 5.13. The molecular formula is C18H20N6O6. The van der Waals surface area contributed by atoms with Crippen LogP contribution >= 0.6 is 0 Å². The van der Waals surface area contributed by atoms with E-state index in [1.165, 1.54) is 16.7 Å². The summed E-state index contributed by atoms with van der Waals surface area (Å²) in [5, 5.41) is 20.8. The lowest BCUT2D eigenvalue weighted by molar-refractivity contribution is -0.385. The average molecular weight is 416 g/mol. The minimum Gasteiger partial charge on any atom is -0.376 e. The van der Waals surface area contributed by atoms with E-state index in [-0.39, 0.29) is 30.3 Å². The fraction of sp³-hybridized carbons (Fsp3) is 0.444. The molecule has 0 aliphatic carbocycles. The molecule has 2 N–H and O–H groups in total. The molecule has 1 atom stereocenters. The van der Waals surface area contributed by atoms with Crippen molar-refractivity contribution in [2.75, 3.05) is 13.7 Å². The van der Waals surface area contributed by atoms with Crippen LogP contribution in [0.4, 0.5) is 10.5 Å². The first-order valence-corrected chi connectivity index (χ1v) is 9.20. The number of fused-ring (bicyclic) bond motifs is 1. The number of amides is 3. The zero-order valence-corrected chi connectivity index (χ0v) is 16.2. The van der Waals surface area contributed by atoms with Gasteiger partial charge in [-0.3, -0.25) is 28.9 Å². The molecule has 2 heterocycles. The van der Waals surface area contributed by atoms with Crippen LogP contribution in [-0.2, 0) is 29.0 Å². The molecule has 0 saturated carbocycles. The lowest BCUT2D eigenvalue weighted by atomic mass is 10.1. The second kappa shape index (κ2) is 8.34. The highest BCUT2D eigenvalue weighted by molar-refractivity contribution is 5.97. The minimum absolute atomic E-state index is 0.0611. The van der Waals surface area contributed by atoms with Crippen molar-refractivity contribution in [1.29, 1.82) is 5.26 Å². The molecule has 2 aromatic rings. The van der Waals surface area contributed by atoms with E-state index in [2.05, 4.69) is 0 Å². The molecule has 0 spiro atoms. The number of imide groups is 1. The summed E-state index contributed by atoms with van der Waals surface area (Å²) in [5.41, 5.74) is 4.59. The summed E-state index contributed by atoms with van der Waals surface area (Å²) >= 11 is 0. The zero-order valence-electron chi connectivity index (χ0n) is 16.2. The number of aromatic nitrogens is 2. The van der Waals surface area contributed by atoms with Crippen molar-refractivity contribution in [2.24, 2.45) is 5.73 Å². The molecule has 12 heteroatoms. The van der Waals surface area contributed by atoms with Gasteiger partial charge in [0.05, 0.1) is 46.7 Å². The second-order valence-corrected chi connectivity index (χ2v) is 6.93. The molecule has 3 rings (SSSR count). The van der Waals surface area contributed by atoms with Crippen molar-refractivity contribution >= 4 is 28.7 Å². The highest BCUT2D eigenvalue weighted by Crippen LogP contribution is 2.29. The zero-order chi connectivity index (χ0) is 22.0. The number of benzene rings is 1. The summed E-state index contributed by atoms with van der Waals surface area (Å²) in [5.74, 6) is -0.777. The molecule has 12 nitrogen and oxygen atoms in total. The van der Waals surface area contributed by atoms with Crippen molar-refractivity contribution in [2.45, 2.75) is 38.5 Å². The van der Waals surface area contributed by atoms with Crippen LogP contribution in [0.5, 0.6) is 0 Å². The first-order valence-electron chi connectivity index (χ1n) is 9.20. The number of carbonyl (C=O) groups excluding carboxylic acids is 2. The van der Waals surface area contributed by atoms with Crippen LogP contribution in [-0.4, -0.2) is 50.7 Å². The Morgan fingerprint density at radius 2 is 2.17 bits per heavy atom. The van der Waals surface area contributed by atoms with E-state index in [9.17, 15) is 29.8 Å². The number of hydrogen-bond acceptors (Lipinski definition) is 7. The van der Waals surface area contributed by atoms with Gasteiger partial charge in [0, 0.05) is 19.7 Å². The van der Waals surface area contributed by atoms with Gasteiger partial charge < -0.3 is 10.5 Å². The highest BCUT2D eigenvalue weighted by Gasteiger charge is 2.28. The number of carbonyl (C=O) groups is 2. The van der Waals surface area contributed by atoms with Crippen molar-refractivity contribution in [3.8, 4) is 6.07 Å². The molecule has 1 saturated heterocycles. The van der Waals surface area contributed by atoms with Gasteiger partial charge in [0.15, 0.2) is 0 Å². The Bertz CT molecular complexity index is 1120. The number of nitro groups is 1. The van der Waals surface area contributed by atoms with Crippen molar-refractivity contribution < 1.29 is 19.2 Å². The molecule has 1 aliphatic rings. The number of ether oxygens (including phenoxy) is 1. The van der Waals surface area contributed by atoms with Gasteiger partial charge in [0.2, 0.25) is 5.91 Å². The number of nitriles is 1. The van der Waals surface area contributed by atoms with Gasteiger partial charge in [0.25, 0.3) is 5.69 Å². The number of likely N-dealkylation sites (N-methyl/N-ethyl adjacent to an activating group) is 1. The van der Waals surface area contributed by atoms with Crippen LogP contribution in [0.25, 0.3) is 11.0 Å². The normalized spacial score (nSPS) is 15.8. The van der Waals surface area contributed by atoms with E-state index < -0.39 is 34.7 Å². The molecular weight excluding hydrogens is 396 g/mol. The van der Waals surface area contributed by atoms with Gasteiger partial charge in [-0.25, -0.2) is 9.59 Å². The maximum Gasteiger partial charge on any atom is 0.330 e. The standard InChI is InChI=1S/C18H20N6O6/c1-21(17(20)26)15(25)9-12-13(24(28)29)4-5-14-16(12)22(7-6-19)18(27)23(14)10-11-3-2-8-30-11/h4-5,11H,2-3,7-10H2,1H3,(H2,20,26). The van der Waals surface area contributed by atoms with Crippen LogP contribution in [0.2, 0.25) is 0 Å². The maximum absolute atomic E-state index is 13.0. The van der Waals surface area contributed by atoms with Crippen LogP contribution in [0.3, 0.4) is 0 Å². The molecule has 1 aromatic carbocycles. The third kappa shape index (κ3) is 3.74. The summed E-state index contributed by atoms with van der Waals surface area (Å²) in [6.45, 7) is 0.447. The SMILES string of the molecule is CN(C(N)=O)C(=O)Cc1c([N+](=O)[O-])ccc2c1n(CC#N)c(=O)n2CC1CCCO1. The van der Waals surface area contributed by atoms with E-state index >= 15 is 0 Å². The van der Waals surface area contributed by atoms with Crippen molar-refractivity contribution in [1.82, 2.24) is 14.0 Å². The van der Waals surface area contributed by atoms with Crippen LogP contribution < -0.4 is 11.4 Å². The lowest BCUT2D eigenvalue weighted by Gasteiger charge is -2.13. The maximum atomic E-state index is 13.0. The molecule has 3 amide bonds. The van der Waals surface area contributed by atoms with Crippen molar-refractivity contribution in [3.63, 3.8) is 0 Å². The predicted molar refractivity (Wildman–Crippen MR) is 103 cm³/mol.